The monoisotopic (exact) mass is 227 g/mol. The molecule has 0 spiro atoms. The van der Waals surface area contributed by atoms with Gasteiger partial charge < -0.3 is 5.73 Å². The third-order valence-corrected chi connectivity index (χ3v) is 3.17. The minimum Gasteiger partial charge on any atom is -0.368 e. The van der Waals surface area contributed by atoms with Crippen molar-refractivity contribution in [3.05, 3.63) is 20.9 Å². The summed E-state index contributed by atoms with van der Waals surface area (Å²) in [5.74, 6) is 0.405. The number of nitrogens with two attached hydrogens (primary N) is 1. The Hall–Kier alpha value is -1.21. The predicted octanol–water partition coefficient (Wildman–Crippen LogP) is 1.34. The molecule has 0 aromatic carbocycles. The van der Waals surface area contributed by atoms with Gasteiger partial charge in [-0.05, 0) is 19.1 Å². The van der Waals surface area contributed by atoms with Crippen LogP contribution in [0.15, 0.2) is 5.51 Å². The van der Waals surface area contributed by atoms with E-state index in [2.05, 4.69) is 15.2 Å². The molecule has 2 rings (SSSR count). The van der Waals surface area contributed by atoms with Crippen LogP contribution in [-0.4, -0.2) is 19.7 Å². The Bertz CT molecular complexity index is 494. The Morgan fingerprint density at radius 2 is 2.50 bits per heavy atom. The summed E-state index contributed by atoms with van der Waals surface area (Å²) in [7, 11) is 0. The van der Waals surface area contributed by atoms with Gasteiger partial charge in [0.05, 0.1) is 17.7 Å². The van der Waals surface area contributed by atoms with Gasteiger partial charge in [-0.1, -0.05) is 0 Å². The van der Waals surface area contributed by atoms with Crippen LogP contribution in [0.3, 0.4) is 0 Å². The van der Waals surface area contributed by atoms with Gasteiger partial charge in [0, 0.05) is 4.88 Å². The molecule has 0 fully saturated rings. The second-order valence-electron chi connectivity index (χ2n) is 2.83. The summed E-state index contributed by atoms with van der Waals surface area (Å²) in [6.07, 6.45) is 0. The molecule has 0 radical (unpaired) electrons. The van der Waals surface area contributed by atoms with Gasteiger partial charge in [0.2, 0.25) is 5.95 Å². The molecule has 7 heteroatoms. The van der Waals surface area contributed by atoms with E-state index >= 15 is 0 Å². The molecule has 0 aliphatic carbocycles. The van der Waals surface area contributed by atoms with Crippen LogP contribution in [0.1, 0.15) is 10.6 Å². The minimum absolute atomic E-state index is 0.405. The normalized spacial score (nSPS) is 10.6. The van der Waals surface area contributed by atoms with E-state index in [0.29, 0.717) is 17.3 Å². The summed E-state index contributed by atoms with van der Waals surface area (Å²) in [6, 6.07) is 0. The molecular weight excluding hydrogens is 218 g/mol. The first-order valence-corrected chi connectivity index (χ1v) is 5.27. The fraction of sp³-hybridized carbons (Fsp3) is 0.286. The first-order valence-electron chi connectivity index (χ1n) is 3.98. The highest BCUT2D eigenvalue weighted by molar-refractivity contribution is 7.71. The third kappa shape index (κ3) is 1.55. The third-order valence-electron chi connectivity index (χ3n) is 1.93. The maximum atomic E-state index is 5.65. The number of thiazole rings is 1. The Kier molecular flexibility index (Phi) is 2.34. The van der Waals surface area contributed by atoms with Gasteiger partial charge >= 0.3 is 0 Å². The number of aromatic nitrogens is 4. The fourth-order valence-electron chi connectivity index (χ4n) is 1.10. The van der Waals surface area contributed by atoms with Crippen molar-refractivity contribution in [1.29, 1.82) is 0 Å². The van der Waals surface area contributed by atoms with Crippen molar-refractivity contribution < 1.29 is 0 Å². The van der Waals surface area contributed by atoms with E-state index in [0.717, 1.165) is 10.6 Å². The average Bonchev–Trinajstić information content (AvgIpc) is 2.67. The van der Waals surface area contributed by atoms with Crippen molar-refractivity contribution in [1.82, 2.24) is 19.7 Å². The van der Waals surface area contributed by atoms with E-state index in [1.165, 1.54) is 0 Å². The van der Waals surface area contributed by atoms with Crippen molar-refractivity contribution in [2.75, 3.05) is 5.73 Å². The molecule has 0 unspecified atom stereocenters. The topological polar surface area (TPSA) is 72.5 Å². The number of aryl methyl sites for hydroxylation is 1. The highest BCUT2D eigenvalue weighted by atomic mass is 32.1. The molecule has 0 atom stereocenters. The molecule has 14 heavy (non-hydrogen) atoms. The SMILES string of the molecule is Cc1ncsc1Cn1c(N)n[nH]c1=S. The van der Waals surface area contributed by atoms with Crippen molar-refractivity contribution in [2.24, 2.45) is 0 Å². The zero-order valence-corrected chi connectivity index (χ0v) is 9.15. The van der Waals surface area contributed by atoms with Crippen molar-refractivity contribution in [3.8, 4) is 0 Å². The number of nitrogens with one attached hydrogen (secondary N) is 1. The summed E-state index contributed by atoms with van der Waals surface area (Å²) in [6.45, 7) is 2.60. The molecule has 74 valence electrons. The van der Waals surface area contributed by atoms with Gasteiger partial charge in [-0.3, -0.25) is 4.57 Å². The van der Waals surface area contributed by atoms with Gasteiger partial charge in [-0.2, -0.15) is 0 Å². The lowest BCUT2D eigenvalue weighted by atomic mass is 10.4. The molecule has 2 heterocycles. The molecule has 0 amide bonds. The van der Waals surface area contributed by atoms with E-state index in [-0.39, 0.29) is 0 Å². The standard InChI is InChI=1S/C7H9N5S2/c1-4-5(14-3-9-4)2-12-6(8)10-11-7(12)13/h3H,2H2,1H3,(H2,8,10)(H,11,13). The number of H-pyrrole nitrogens is 1. The smallest absolute Gasteiger partial charge is 0.220 e. The van der Waals surface area contributed by atoms with Crippen LogP contribution in [0.4, 0.5) is 5.95 Å². The second kappa shape index (κ2) is 3.50. The van der Waals surface area contributed by atoms with Gasteiger partial charge in [0.15, 0.2) is 4.77 Å². The molecule has 2 aromatic heterocycles. The number of nitrogen functional groups attached to an aromatic ring is 1. The summed E-state index contributed by atoms with van der Waals surface area (Å²) >= 11 is 6.63. The van der Waals surface area contributed by atoms with Gasteiger partial charge in [0.25, 0.3) is 0 Å². The number of hydrogen-bond acceptors (Lipinski definition) is 5. The summed E-state index contributed by atoms with van der Waals surface area (Å²) in [4.78, 5) is 5.30. The first-order chi connectivity index (χ1) is 6.68. The molecule has 0 bridgehead atoms. The number of anilines is 1. The van der Waals surface area contributed by atoms with Crippen LogP contribution in [-0.2, 0) is 6.54 Å². The zero-order valence-electron chi connectivity index (χ0n) is 7.52. The first kappa shape index (κ1) is 9.35. The van der Waals surface area contributed by atoms with E-state index < -0.39 is 0 Å². The minimum atomic E-state index is 0.405. The van der Waals surface area contributed by atoms with Crippen LogP contribution in [0.5, 0.6) is 0 Å². The number of nitrogens with zero attached hydrogens (tertiary/aromatic N) is 3. The Balaban J connectivity index is 2.36. The Morgan fingerprint density at radius 1 is 1.71 bits per heavy atom. The van der Waals surface area contributed by atoms with Crippen molar-refractivity contribution >= 4 is 29.5 Å². The molecule has 2 aromatic rings. The summed E-state index contributed by atoms with van der Waals surface area (Å²) < 4.78 is 2.28. The summed E-state index contributed by atoms with van der Waals surface area (Å²) in [5.41, 5.74) is 8.47. The zero-order chi connectivity index (χ0) is 10.1. The van der Waals surface area contributed by atoms with E-state index in [4.69, 9.17) is 18.0 Å². The molecular formula is C7H9N5S2. The quantitative estimate of drug-likeness (QED) is 0.759. The summed E-state index contributed by atoms with van der Waals surface area (Å²) in [5, 5.41) is 6.48. The van der Waals surface area contributed by atoms with Crippen LogP contribution in [0, 0.1) is 11.7 Å². The Morgan fingerprint density at radius 3 is 3.00 bits per heavy atom. The Labute approximate surface area is 89.6 Å². The molecule has 0 aliphatic rings. The number of aromatic amines is 1. The van der Waals surface area contributed by atoms with Crippen LogP contribution in [0.2, 0.25) is 0 Å². The lowest BCUT2D eigenvalue weighted by molar-refractivity contribution is 0.798. The fourth-order valence-corrected chi connectivity index (χ4v) is 2.07. The number of hydrogen-bond donors (Lipinski definition) is 2. The van der Waals surface area contributed by atoms with Crippen LogP contribution >= 0.6 is 23.6 Å². The van der Waals surface area contributed by atoms with Crippen LogP contribution < -0.4 is 5.73 Å². The van der Waals surface area contributed by atoms with Gasteiger partial charge in [-0.25, -0.2) is 10.1 Å². The lowest BCUT2D eigenvalue weighted by Gasteiger charge is -2.01. The maximum Gasteiger partial charge on any atom is 0.220 e. The van der Waals surface area contributed by atoms with Gasteiger partial charge in [-0.15, -0.1) is 16.4 Å². The second-order valence-corrected chi connectivity index (χ2v) is 4.16. The van der Waals surface area contributed by atoms with Crippen LogP contribution in [0.25, 0.3) is 0 Å². The molecule has 5 nitrogen and oxygen atoms in total. The highest BCUT2D eigenvalue weighted by Crippen LogP contribution is 2.15. The van der Waals surface area contributed by atoms with E-state index in [1.807, 2.05) is 12.4 Å². The maximum absolute atomic E-state index is 5.65. The number of rotatable bonds is 2. The van der Waals surface area contributed by atoms with Gasteiger partial charge in [0.1, 0.15) is 0 Å². The largest absolute Gasteiger partial charge is 0.368 e. The molecule has 0 saturated carbocycles. The highest BCUT2D eigenvalue weighted by Gasteiger charge is 2.06. The molecule has 0 aliphatic heterocycles. The predicted molar refractivity (Wildman–Crippen MR) is 57.8 cm³/mol. The van der Waals surface area contributed by atoms with Crippen molar-refractivity contribution in [3.63, 3.8) is 0 Å². The van der Waals surface area contributed by atoms with E-state index in [9.17, 15) is 0 Å². The van der Waals surface area contributed by atoms with E-state index in [1.54, 1.807) is 15.9 Å². The van der Waals surface area contributed by atoms with Crippen molar-refractivity contribution in [2.45, 2.75) is 13.5 Å². The molecule has 0 saturated heterocycles. The lowest BCUT2D eigenvalue weighted by Crippen LogP contribution is -2.04. The average molecular weight is 227 g/mol. The molecule has 3 N–H and O–H groups in total.